The lowest BCUT2D eigenvalue weighted by atomic mass is 9.79. The number of nitrogens with two attached hydrogens (primary N) is 3. The van der Waals surface area contributed by atoms with Gasteiger partial charge in [-0.2, -0.15) is 0 Å². The van der Waals surface area contributed by atoms with Crippen molar-refractivity contribution in [3.8, 4) is 69.0 Å². The summed E-state index contributed by atoms with van der Waals surface area (Å²) in [5.41, 5.74) is 28.0. The molecule has 7 aromatic carbocycles. The molecule has 0 saturated heterocycles. The Morgan fingerprint density at radius 3 is 1.09 bits per heavy atom. The molecule has 7 rings (SSSR count). The van der Waals surface area contributed by atoms with Gasteiger partial charge in [0, 0.05) is 39.8 Å². The minimum Gasteiger partial charge on any atom is -0.508 e. The van der Waals surface area contributed by atoms with Crippen LogP contribution in [-0.4, -0.2) is 66.4 Å². The number of aliphatic hydroxyl groups is 1. The van der Waals surface area contributed by atoms with E-state index in [0.717, 1.165) is 55.8 Å². The smallest absolute Gasteiger partial charge is 0.161 e. The topological polar surface area (TPSA) is 341 Å². The lowest BCUT2D eigenvalue weighted by Gasteiger charge is -2.27. The average molecular weight is 1120 g/mol. The van der Waals surface area contributed by atoms with Crippen molar-refractivity contribution in [3.63, 3.8) is 0 Å². The first-order valence-electron chi connectivity index (χ1n) is 26.0. The fourth-order valence-electron chi connectivity index (χ4n) is 7.31. The van der Waals surface area contributed by atoms with Crippen LogP contribution in [0.4, 0.5) is 17.1 Å². The van der Waals surface area contributed by atoms with Gasteiger partial charge in [0.15, 0.2) is 57.5 Å². The summed E-state index contributed by atoms with van der Waals surface area (Å²) in [7, 11) is 0. The second-order valence-electron chi connectivity index (χ2n) is 24.0. The Balaban J connectivity index is 0.000000478. The van der Waals surface area contributed by atoms with E-state index >= 15 is 0 Å². The number of anilines is 3. The number of nitrogen functional groups attached to an aromatic ring is 3. The molecule has 444 valence electrons. The predicted octanol–water partition coefficient (Wildman–Crippen LogP) is 13.6. The zero-order valence-electron chi connectivity index (χ0n) is 50.5. The summed E-state index contributed by atoms with van der Waals surface area (Å²) in [5.74, 6) is -0.242. The van der Waals surface area contributed by atoms with E-state index in [1.54, 1.807) is 37.3 Å². The number of aliphatic hydroxyl groups excluding tert-OH is 1. The summed E-state index contributed by atoms with van der Waals surface area (Å²) in [6.07, 6.45) is 0. The van der Waals surface area contributed by atoms with Gasteiger partial charge in [-0.15, -0.1) is 0 Å². The zero-order valence-corrected chi connectivity index (χ0v) is 50.5. The van der Waals surface area contributed by atoms with Crippen LogP contribution in [0.1, 0.15) is 144 Å². The maximum Gasteiger partial charge on any atom is 0.161 e. The molecule has 0 heterocycles. The van der Waals surface area contributed by atoms with Crippen molar-refractivity contribution in [2.45, 2.75) is 153 Å². The molecule has 0 aliphatic carbocycles. The molecule has 0 unspecified atom stereocenters. The molecular formula is C65H91N3O13. The largest absolute Gasteiger partial charge is 0.508 e. The van der Waals surface area contributed by atoms with E-state index in [1.807, 2.05) is 79.7 Å². The van der Waals surface area contributed by atoms with E-state index in [-0.39, 0.29) is 91.5 Å². The van der Waals surface area contributed by atoms with Crippen molar-refractivity contribution in [1.82, 2.24) is 0 Å². The summed E-state index contributed by atoms with van der Waals surface area (Å²) >= 11 is 0. The van der Waals surface area contributed by atoms with Gasteiger partial charge in [0.2, 0.25) is 0 Å². The van der Waals surface area contributed by atoms with Crippen LogP contribution < -0.4 is 17.2 Å². The molecule has 0 spiro atoms. The van der Waals surface area contributed by atoms with Crippen molar-refractivity contribution in [3.05, 3.63) is 158 Å². The van der Waals surface area contributed by atoms with Crippen LogP contribution in [0.15, 0.2) is 97.1 Å². The molecule has 16 heteroatoms. The summed E-state index contributed by atoms with van der Waals surface area (Å²) in [5, 5.41) is 119. The van der Waals surface area contributed by atoms with E-state index in [9.17, 15) is 15.3 Å². The van der Waals surface area contributed by atoms with Gasteiger partial charge in [-0.3, -0.25) is 0 Å². The molecule has 7 aromatic rings. The van der Waals surface area contributed by atoms with E-state index < -0.39 is 0 Å². The highest BCUT2D eigenvalue weighted by atomic mass is 16.3. The highest BCUT2D eigenvalue weighted by Gasteiger charge is 2.27. The Morgan fingerprint density at radius 2 is 0.716 bits per heavy atom. The molecule has 19 N–H and O–H groups in total. The van der Waals surface area contributed by atoms with E-state index in [2.05, 4.69) is 62.3 Å². The summed E-state index contributed by atoms with van der Waals surface area (Å²) < 4.78 is 0. The van der Waals surface area contributed by atoms with Gasteiger partial charge < -0.3 is 83.6 Å². The Morgan fingerprint density at radius 1 is 0.321 bits per heavy atom. The number of hydrogen-bond acceptors (Lipinski definition) is 16. The van der Waals surface area contributed by atoms with E-state index in [4.69, 9.17) is 68.3 Å². The van der Waals surface area contributed by atoms with Crippen molar-refractivity contribution in [1.29, 1.82) is 0 Å². The van der Waals surface area contributed by atoms with Crippen molar-refractivity contribution >= 4 is 17.1 Å². The molecule has 0 radical (unpaired) electrons. The molecule has 0 amide bonds. The minimum absolute atomic E-state index is 0.000463. The zero-order chi connectivity index (χ0) is 63.0. The fourth-order valence-corrected chi connectivity index (χ4v) is 7.31. The highest BCUT2D eigenvalue weighted by Crippen LogP contribution is 2.42. The van der Waals surface area contributed by atoms with Crippen LogP contribution in [0, 0.1) is 41.5 Å². The third-order valence-electron chi connectivity index (χ3n) is 12.3. The van der Waals surface area contributed by atoms with Crippen molar-refractivity contribution < 1.29 is 66.4 Å². The Kier molecular flexibility index (Phi) is 25.3. The Bertz CT molecular complexity index is 2990. The fraction of sp³-hybridized carbons (Fsp3) is 0.354. The molecule has 0 aliphatic rings. The summed E-state index contributed by atoms with van der Waals surface area (Å²) in [6, 6.07) is 25.4. The van der Waals surface area contributed by atoms with Gasteiger partial charge in [-0.1, -0.05) is 101 Å². The van der Waals surface area contributed by atoms with Crippen LogP contribution in [0.25, 0.3) is 0 Å². The van der Waals surface area contributed by atoms with E-state index in [0.29, 0.717) is 28.3 Å². The SMILES string of the molecule is CC(C)(C)c1cc(N)cc(C(C)(C)C)c1O.CC(C)(C)c1cc(O)c(O)c(C(C)(C)C)c1.Cc1cc(C)c(O)c(O)c1.Cc1cc(O)c(O)cc1C.Cc1cc(O)cc(C)c1N.Nc1ccc(O)c(O)c1.OCc1ccc(O)c(O)c1. The second-order valence-corrected chi connectivity index (χ2v) is 24.0. The van der Waals surface area contributed by atoms with Crippen LogP contribution in [0.2, 0.25) is 0 Å². The first-order chi connectivity index (χ1) is 36.8. The molecule has 81 heavy (non-hydrogen) atoms. The minimum atomic E-state index is -0.202. The maximum absolute atomic E-state index is 10.3. The highest BCUT2D eigenvalue weighted by molar-refractivity contribution is 5.58. The third kappa shape index (κ3) is 22.6. The second kappa shape index (κ2) is 29.1. The number of phenolic OH excluding ortho intramolecular Hbond substituents is 12. The van der Waals surface area contributed by atoms with Crippen molar-refractivity contribution in [2.75, 3.05) is 17.2 Å². The quantitative estimate of drug-likeness (QED) is 0.0412. The van der Waals surface area contributed by atoms with Gasteiger partial charge >= 0.3 is 0 Å². The third-order valence-corrected chi connectivity index (χ3v) is 12.3. The Labute approximate surface area is 479 Å². The maximum atomic E-state index is 10.3. The van der Waals surface area contributed by atoms with Crippen LogP contribution in [0.5, 0.6) is 69.0 Å². The van der Waals surface area contributed by atoms with Crippen LogP contribution in [0.3, 0.4) is 0 Å². The number of aryl methyl sites for hydroxylation is 6. The predicted molar refractivity (Wildman–Crippen MR) is 327 cm³/mol. The average Bonchev–Trinajstić information content (AvgIpc) is 3.32. The molecule has 0 fully saturated rings. The number of rotatable bonds is 1. The van der Waals surface area contributed by atoms with Gasteiger partial charge in [0.25, 0.3) is 0 Å². The molecule has 0 aromatic heterocycles. The normalized spacial score (nSPS) is 11.0. The molecule has 0 bridgehead atoms. The summed E-state index contributed by atoms with van der Waals surface area (Å²) in [4.78, 5) is 0. The van der Waals surface area contributed by atoms with E-state index in [1.165, 1.54) is 42.5 Å². The van der Waals surface area contributed by atoms with Gasteiger partial charge in [-0.05, 0) is 181 Å². The van der Waals surface area contributed by atoms with Crippen molar-refractivity contribution in [2.24, 2.45) is 0 Å². The standard InChI is InChI=1S/C14H23NO.C14H22O2.C8H11NO.2C8H10O2.C7H8O3.C6H7NO2/c1-13(2,3)10-7-9(15)8-11(12(10)16)14(4,5)6;1-13(2,3)9-7-10(14(4,5)6)12(16)11(15)8-9;1-5-3-7(10)4-6(2)8(5)9;1-5-3-7(9)8(10)4-6(5)2;1-5-3-6(2)8(10)7(9)4-5;8-4-5-1-2-6(9)7(10)3-5;7-4-1-2-5(8)6(9)3-4/h7-8,16H,15H2,1-6H3;7-8,15-16H,1-6H3;3-4,10H,9H2,1-2H3;2*3-4,9-10H,1-2H3;1-3,8-10H,4H2;1-3,8-9H,7H2. The first-order valence-corrected chi connectivity index (χ1v) is 26.0. The lowest BCUT2D eigenvalue weighted by molar-refractivity contribution is 0.280. The van der Waals surface area contributed by atoms with Gasteiger partial charge in [0.05, 0.1) is 6.61 Å². The summed E-state index contributed by atoms with van der Waals surface area (Å²) in [6.45, 7) is 35.8. The lowest BCUT2D eigenvalue weighted by Crippen LogP contribution is -2.17. The van der Waals surface area contributed by atoms with Gasteiger partial charge in [0.1, 0.15) is 11.5 Å². The molecule has 0 saturated carbocycles. The number of aromatic hydroxyl groups is 12. The van der Waals surface area contributed by atoms with Crippen LogP contribution in [-0.2, 0) is 28.3 Å². The molecular weight excluding hydrogens is 1030 g/mol. The van der Waals surface area contributed by atoms with Gasteiger partial charge in [-0.25, -0.2) is 0 Å². The first kappa shape index (κ1) is 70.5. The van der Waals surface area contributed by atoms with Crippen LogP contribution >= 0.6 is 0 Å². The molecule has 0 atom stereocenters. The number of hydrogen-bond donors (Lipinski definition) is 16. The number of phenols is 12. The number of benzene rings is 7. The molecule has 0 aliphatic heterocycles. The molecule has 16 nitrogen and oxygen atoms in total. The monoisotopic (exact) mass is 1120 g/mol. The Hall–Kier alpha value is -8.50.